The topological polar surface area (TPSA) is 178 Å². The maximum Gasteiger partial charge on any atom is 0.397 e. The van der Waals surface area contributed by atoms with Crippen molar-refractivity contribution in [3.8, 4) is 0 Å². The third-order valence-electron chi connectivity index (χ3n) is 10.2. The van der Waals surface area contributed by atoms with Gasteiger partial charge in [-0.3, -0.25) is 9.35 Å². The Morgan fingerprint density at radius 1 is 0.661 bits per heavy atom. The lowest BCUT2D eigenvalue weighted by Gasteiger charge is -2.41. The molecule has 13 heteroatoms. The number of hydrogen-bond donors (Lipinski definition) is 4. The van der Waals surface area contributed by atoms with E-state index in [1.807, 2.05) is 0 Å². The van der Waals surface area contributed by atoms with E-state index in [2.05, 4.69) is 66.6 Å². The molecule has 344 valence electrons. The minimum Gasteiger partial charge on any atom is -0.457 e. The molecule has 1 saturated heterocycles. The second-order valence-corrected chi connectivity index (χ2v) is 16.7. The Labute approximate surface area is 357 Å². The zero-order valence-electron chi connectivity index (χ0n) is 36.6. The lowest BCUT2D eigenvalue weighted by atomic mass is 9.99. The standard InChI is InChI=1S/C46H82O12S/c1-3-5-7-9-11-13-15-17-19-20-22-24-26-28-30-32-34-36-54-38-40(39-55-46-44(50)45(58-59(51,52)53)43(49)41(37-47)57-46)56-42(48)35-33-31-29-27-25-23-21-18-16-14-12-10-8-6-4-2/h6,8,12,14,18,21,25,27,40-41,43-47,49-50H,3-5,7,9-11,13,15-17,19-20,22-24,26,28-39H2,1-2H3,(H,51,52,53)/b8-6-,14-12-,21-18-,27-25-. The summed E-state index contributed by atoms with van der Waals surface area (Å²) in [5.74, 6) is -0.438. The predicted molar refractivity (Wildman–Crippen MR) is 234 cm³/mol. The average Bonchev–Trinajstić information content (AvgIpc) is 3.20. The number of allylic oxidation sites excluding steroid dienone is 8. The molecule has 1 aliphatic heterocycles. The van der Waals surface area contributed by atoms with Gasteiger partial charge in [-0.05, 0) is 51.4 Å². The molecule has 1 fully saturated rings. The van der Waals surface area contributed by atoms with Gasteiger partial charge in [0, 0.05) is 13.0 Å². The third kappa shape index (κ3) is 31.6. The summed E-state index contributed by atoms with van der Waals surface area (Å²) in [6, 6.07) is 0. The molecule has 4 N–H and O–H groups in total. The molecule has 0 spiro atoms. The van der Waals surface area contributed by atoms with Crippen molar-refractivity contribution < 1.29 is 56.2 Å². The van der Waals surface area contributed by atoms with Gasteiger partial charge in [0.25, 0.3) is 0 Å². The summed E-state index contributed by atoms with van der Waals surface area (Å²) in [5.41, 5.74) is 0. The van der Waals surface area contributed by atoms with Crippen molar-refractivity contribution in [3.05, 3.63) is 48.6 Å². The van der Waals surface area contributed by atoms with Crippen LogP contribution in [0.2, 0.25) is 0 Å². The van der Waals surface area contributed by atoms with Gasteiger partial charge < -0.3 is 34.3 Å². The predicted octanol–water partition coefficient (Wildman–Crippen LogP) is 9.58. The van der Waals surface area contributed by atoms with E-state index in [1.54, 1.807) is 0 Å². The molecule has 1 aliphatic rings. The van der Waals surface area contributed by atoms with Gasteiger partial charge in [-0.25, -0.2) is 4.18 Å². The molecular weight excluding hydrogens is 777 g/mol. The first-order chi connectivity index (χ1) is 28.6. The van der Waals surface area contributed by atoms with Crippen molar-refractivity contribution >= 4 is 16.4 Å². The zero-order valence-corrected chi connectivity index (χ0v) is 37.4. The molecule has 1 heterocycles. The van der Waals surface area contributed by atoms with Crippen LogP contribution in [-0.2, 0) is 38.3 Å². The van der Waals surface area contributed by atoms with Crippen LogP contribution in [0.5, 0.6) is 0 Å². The van der Waals surface area contributed by atoms with Crippen molar-refractivity contribution in [2.24, 2.45) is 0 Å². The molecule has 1 rings (SSSR count). The third-order valence-corrected chi connectivity index (χ3v) is 10.7. The van der Waals surface area contributed by atoms with E-state index in [-0.39, 0.29) is 19.6 Å². The number of rotatable bonds is 39. The number of hydrogen-bond acceptors (Lipinski definition) is 11. The van der Waals surface area contributed by atoms with Crippen LogP contribution in [0.4, 0.5) is 0 Å². The van der Waals surface area contributed by atoms with Gasteiger partial charge in [0.15, 0.2) is 6.29 Å². The molecule has 0 aromatic carbocycles. The summed E-state index contributed by atoms with van der Waals surface area (Å²) in [7, 11) is -5.07. The number of aliphatic hydroxyl groups excluding tert-OH is 3. The monoisotopic (exact) mass is 859 g/mol. The van der Waals surface area contributed by atoms with Crippen molar-refractivity contribution in [1.29, 1.82) is 0 Å². The summed E-state index contributed by atoms with van der Waals surface area (Å²) < 4.78 is 59.0. The van der Waals surface area contributed by atoms with Gasteiger partial charge in [0.1, 0.15) is 30.5 Å². The van der Waals surface area contributed by atoms with Crippen molar-refractivity contribution in [3.63, 3.8) is 0 Å². The molecule has 59 heavy (non-hydrogen) atoms. The number of ether oxygens (including phenoxy) is 4. The molecular formula is C46H82O12S. The number of aliphatic hydroxyl groups is 3. The Bertz CT molecular complexity index is 1220. The molecule has 6 unspecified atom stereocenters. The molecule has 0 aliphatic carbocycles. The maximum atomic E-state index is 12.8. The molecule has 0 amide bonds. The van der Waals surface area contributed by atoms with Crippen LogP contribution < -0.4 is 0 Å². The van der Waals surface area contributed by atoms with E-state index in [0.29, 0.717) is 13.0 Å². The van der Waals surface area contributed by atoms with Crippen LogP contribution in [0.25, 0.3) is 0 Å². The highest BCUT2D eigenvalue weighted by molar-refractivity contribution is 7.80. The first kappa shape index (κ1) is 55.1. The van der Waals surface area contributed by atoms with E-state index in [1.165, 1.54) is 89.9 Å². The number of carbonyl (C=O) groups is 1. The molecule has 0 aromatic heterocycles. The van der Waals surface area contributed by atoms with Crippen LogP contribution in [0, 0.1) is 0 Å². The largest absolute Gasteiger partial charge is 0.457 e. The van der Waals surface area contributed by atoms with Crippen LogP contribution in [0.1, 0.15) is 174 Å². The fourth-order valence-electron chi connectivity index (χ4n) is 6.78. The minimum absolute atomic E-state index is 0.0202. The van der Waals surface area contributed by atoms with E-state index < -0.39 is 59.8 Å². The summed E-state index contributed by atoms with van der Waals surface area (Å²) in [5, 5.41) is 30.7. The fraction of sp³-hybridized carbons (Fsp3) is 0.804. The summed E-state index contributed by atoms with van der Waals surface area (Å²) >= 11 is 0. The van der Waals surface area contributed by atoms with Gasteiger partial charge in [-0.15, -0.1) is 0 Å². The molecule has 0 saturated carbocycles. The molecule has 12 nitrogen and oxygen atoms in total. The Kier molecular flexibility index (Phi) is 35.3. The lowest BCUT2D eigenvalue weighted by molar-refractivity contribution is -0.301. The second kappa shape index (κ2) is 37.8. The molecule has 6 atom stereocenters. The summed E-state index contributed by atoms with van der Waals surface area (Å²) in [4.78, 5) is 12.8. The van der Waals surface area contributed by atoms with Crippen molar-refractivity contribution in [2.45, 2.75) is 211 Å². The highest BCUT2D eigenvalue weighted by Gasteiger charge is 2.48. The van der Waals surface area contributed by atoms with Crippen LogP contribution in [0.15, 0.2) is 48.6 Å². The molecule has 0 radical (unpaired) electrons. The lowest BCUT2D eigenvalue weighted by Crippen LogP contribution is -2.60. The maximum absolute atomic E-state index is 12.8. The SMILES string of the molecule is CC/C=C\C/C=C\C/C=C\C/C=C\CCCCC(=O)OC(COCCCCCCCCCCCCCCCCCCC)COC1OC(CO)C(O)C(OS(=O)(=O)O)C1O. The summed E-state index contributed by atoms with van der Waals surface area (Å²) in [6.45, 7) is 3.83. The number of unbranched alkanes of at least 4 members (excludes halogenated alkanes) is 18. The van der Waals surface area contributed by atoms with E-state index in [0.717, 1.165) is 57.8 Å². The smallest absolute Gasteiger partial charge is 0.397 e. The Morgan fingerprint density at radius 3 is 1.68 bits per heavy atom. The summed E-state index contributed by atoms with van der Waals surface area (Å²) in [6.07, 6.45) is 35.8. The Morgan fingerprint density at radius 2 is 1.17 bits per heavy atom. The van der Waals surface area contributed by atoms with E-state index in [9.17, 15) is 28.5 Å². The van der Waals surface area contributed by atoms with Crippen LogP contribution in [0.3, 0.4) is 0 Å². The van der Waals surface area contributed by atoms with Gasteiger partial charge in [-0.2, -0.15) is 8.42 Å². The van der Waals surface area contributed by atoms with Crippen LogP contribution in [-0.4, -0.2) is 97.5 Å². The van der Waals surface area contributed by atoms with Crippen LogP contribution >= 0.6 is 0 Å². The Hall–Kier alpha value is -1.94. The Balaban J connectivity index is 2.45. The minimum atomic E-state index is -5.07. The van der Waals surface area contributed by atoms with Gasteiger partial charge in [0.05, 0.1) is 19.8 Å². The first-order valence-corrected chi connectivity index (χ1v) is 24.3. The average molecular weight is 859 g/mol. The van der Waals surface area contributed by atoms with Gasteiger partial charge in [-0.1, -0.05) is 165 Å². The van der Waals surface area contributed by atoms with Gasteiger partial charge in [0.2, 0.25) is 0 Å². The zero-order chi connectivity index (χ0) is 43.2. The van der Waals surface area contributed by atoms with E-state index in [4.69, 9.17) is 23.5 Å². The quantitative estimate of drug-likeness (QED) is 0.0199. The normalized spacial score (nSPS) is 20.8. The molecule has 0 aromatic rings. The van der Waals surface area contributed by atoms with Crippen molar-refractivity contribution in [1.82, 2.24) is 0 Å². The number of esters is 1. The highest BCUT2D eigenvalue weighted by atomic mass is 32.3. The van der Waals surface area contributed by atoms with E-state index >= 15 is 0 Å². The van der Waals surface area contributed by atoms with Crippen molar-refractivity contribution in [2.75, 3.05) is 26.4 Å². The molecule has 0 bridgehead atoms. The number of carbonyl (C=O) groups excluding carboxylic acids is 1. The second-order valence-electron chi connectivity index (χ2n) is 15.6. The first-order valence-electron chi connectivity index (χ1n) is 22.9. The van der Waals surface area contributed by atoms with Gasteiger partial charge >= 0.3 is 16.4 Å². The highest BCUT2D eigenvalue weighted by Crippen LogP contribution is 2.26. The fourth-order valence-corrected chi connectivity index (χ4v) is 7.29.